The summed E-state index contributed by atoms with van der Waals surface area (Å²) in [5.41, 5.74) is -0.683. The van der Waals surface area contributed by atoms with Gasteiger partial charge in [0.25, 0.3) is 5.91 Å². The molecule has 2 saturated heterocycles. The number of piperidine rings is 1. The number of nitrogens with one attached hydrogen (secondary N) is 3. The van der Waals surface area contributed by atoms with Gasteiger partial charge in [-0.3, -0.25) is 14.5 Å². The Kier molecular flexibility index (Phi) is 4.57. The first kappa shape index (κ1) is 16.2. The molecule has 0 aromatic carbocycles. The zero-order valence-electron chi connectivity index (χ0n) is 13.7. The zero-order valence-corrected chi connectivity index (χ0v) is 13.7. The molecule has 3 N–H and O–H groups in total. The fraction of sp³-hybridized carbons (Fsp3) is 0.812. The van der Waals surface area contributed by atoms with Gasteiger partial charge in [0.05, 0.1) is 0 Å². The predicted octanol–water partition coefficient (Wildman–Crippen LogP) is 0.355. The van der Waals surface area contributed by atoms with Crippen LogP contribution in [0.1, 0.15) is 45.4 Å². The van der Waals surface area contributed by atoms with Crippen LogP contribution in [0.4, 0.5) is 4.79 Å². The van der Waals surface area contributed by atoms with Gasteiger partial charge in [-0.05, 0) is 38.3 Å². The summed E-state index contributed by atoms with van der Waals surface area (Å²) in [5, 5.41) is 9.17. The highest BCUT2D eigenvalue weighted by molar-refractivity contribution is 6.07. The van der Waals surface area contributed by atoms with E-state index in [0.717, 1.165) is 32.4 Å². The van der Waals surface area contributed by atoms with Gasteiger partial charge in [0, 0.05) is 19.0 Å². The summed E-state index contributed by atoms with van der Waals surface area (Å²) in [5.74, 6) is 0.158. The van der Waals surface area contributed by atoms with Crippen LogP contribution < -0.4 is 16.0 Å². The molecule has 2 heterocycles. The largest absolute Gasteiger partial charge is 0.353 e. The molecular weight excluding hydrogens is 296 g/mol. The third-order valence-electron chi connectivity index (χ3n) is 5.40. The number of rotatable bonds is 4. The molecule has 7 heteroatoms. The highest BCUT2D eigenvalue weighted by Gasteiger charge is 2.52. The van der Waals surface area contributed by atoms with E-state index in [0.29, 0.717) is 18.8 Å². The van der Waals surface area contributed by atoms with Gasteiger partial charge in [0.15, 0.2) is 0 Å². The molecular formula is C16H26N4O3. The van der Waals surface area contributed by atoms with Crippen molar-refractivity contribution < 1.29 is 14.4 Å². The molecule has 1 saturated carbocycles. The fourth-order valence-electron chi connectivity index (χ4n) is 3.92. The maximum Gasteiger partial charge on any atom is 0.325 e. The summed E-state index contributed by atoms with van der Waals surface area (Å²) in [6.07, 6.45) is 4.45. The van der Waals surface area contributed by atoms with Crippen LogP contribution in [0.2, 0.25) is 0 Å². The number of carbonyl (C=O) groups excluding carboxylic acids is 3. The van der Waals surface area contributed by atoms with E-state index in [9.17, 15) is 14.4 Å². The van der Waals surface area contributed by atoms with E-state index in [2.05, 4.69) is 22.9 Å². The molecule has 3 aliphatic rings. The highest BCUT2D eigenvalue weighted by Crippen LogP contribution is 2.34. The van der Waals surface area contributed by atoms with Crippen molar-refractivity contribution in [2.45, 2.75) is 57.0 Å². The lowest BCUT2D eigenvalue weighted by Crippen LogP contribution is -2.49. The summed E-state index contributed by atoms with van der Waals surface area (Å²) in [6.45, 7) is 4.08. The normalized spacial score (nSPS) is 29.9. The first-order valence-electron chi connectivity index (χ1n) is 8.66. The lowest BCUT2D eigenvalue weighted by molar-refractivity contribution is -0.131. The number of hydrogen-bond donors (Lipinski definition) is 3. The Morgan fingerprint density at radius 3 is 2.78 bits per heavy atom. The van der Waals surface area contributed by atoms with Crippen LogP contribution in [-0.4, -0.2) is 54.0 Å². The van der Waals surface area contributed by atoms with Crippen LogP contribution in [0.25, 0.3) is 0 Å². The second-order valence-corrected chi connectivity index (χ2v) is 7.07. The molecule has 2 atom stereocenters. The van der Waals surface area contributed by atoms with Crippen molar-refractivity contribution >= 4 is 17.8 Å². The van der Waals surface area contributed by atoms with E-state index in [-0.39, 0.29) is 36.9 Å². The first-order valence-corrected chi connectivity index (χ1v) is 8.66. The third-order valence-corrected chi connectivity index (χ3v) is 5.40. The Hall–Kier alpha value is -1.63. The molecule has 2 aliphatic heterocycles. The molecule has 0 radical (unpaired) electrons. The molecule has 23 heavy (non-hydrogen) atoms. The van der Waals surface area contributed by atoms with Crippen molar-refractivity contribution in [1.82, 2.24) is 20.9 Å². The summed E-state index contributed by atoms with van der Waals surface area (Å²) in [4.78, 5) is 37.9. The molecule has 2 unspecified atom stereocenters. The SMILES string of the molecule is CC1CNCCC1NC(=O)CCN1C(=O)NC2(CCCC2)C1=O. The van der Waals surface area contributed by atoms with Crippen LogP contribution in [-0.2, 0) is 9.59 Å². The van der Waals surface area contributed by atoms with Crippen molar-refractivity contribution in [3.8, 4) is 0 Å². The summed E-state index contributed by atoms with van der Waals surface area (Å²) < 4.78 is 0. The van der Waals surface area contributed by atoms with E-state index >= 15 is 0 Å². The molecule has 3 rings (SSSR count). The smallest absolute Gasteiger partial charge is 0.325 e. The standard InChI is InChI=1S/C16H26N4O3/c1-11-10-17-8-4-12(11)18-13(21)5-9-20-14(22)16(19-15(20)23)6-2-3-7-16/h11-12,17H,2-10H2,1H3,(H,18,21)(H,19,23). The molecule has 3 fully saturated rings. The molecule has 1 spiro atoms. The van der Waals surface area contributed by atoms with E-state index < -0.39 is 5.54 Å². The van der Waals surface area contributed by atoms with Gasteiger partial charge in [-0.2, -0.15) is 0 Å². The van der Waals surface area contributed by atoms with E-state index in [1.165, 1.54) is 4.90 Å². The average molecular weight is 322 g/mol. The Bertz CT molecular complexity index is 502. The van der Waals surface area contributed by atoms with Crippen molar-refractivity contribution in [3.63, 3.8) is 0 Å². The molecule has 0 aromatic heterocycles. The quantitative estimate of drug-likeness (QED) is 0.652. The van der Waals surface area contributed by atoms with Gasteiger partial charge in [0.2, 0.25) is 5.91 Å². The van der Waals surface area contributed by atoms with Gasteiger partial charge in [-0.1, -0.05) is 19.8 Å². The van der Waals surface area contributed by atoms with Crippen molar-refractivity contribution in [3.05, 3.63) is 0 Å². The first-order chi connectivity index (χ1) is 11.0. The minimum atomic E-state index is -0.683. The third kappa shape index (κ3) is 3.20. The molecule has 0 aromatic rings. The topological polar surface area (TPSA) is 90.5 Å². The van der Waals surface area contributed by atoms with Crippen LogP contribution in [0.15, 0.2) is 0 Å². The second kappa shape index (κ2) is 6.47. The van der Waals surface area contributed by atoms with E-state index in [1.54, 1.807) is 0 Å². The molecule has 4 amide bonds. The van der Waals surface area contributed by atoms with Crippen LogP contribution in [0.3, 0.4) is 0 Å². The highest BCUT2D eigenvalue weighted by atomic mass is 16.2. The van der Waals surface area contributed by atoms with Crippen LogP contribution in [0.5, 0.6) is 0 Å². The van der Waals surface area contributed by atoms with Crippen LogP contribution in [0, 0.1) is 5.92 Å². The molecule has 0 bridgehead atoms. The van der Waals surface area contributed by atoms with Gasteiger partial charge in [0.1, 0.15) is 5.54 Å². The maximum atomic E-state index is 12.5. The number of carbonyl (C=O) groups is 3. The Morgan fingerprint density at radius 2 is 2.09 bits per heavy atom. The van der Waals surface area contributed by atoms with E-state index in [4.69, 9.17) is 0 Å². The zero-order chi connectivity index (χ0) is 16.4. The maximum absolute atomic E-state index is 12.5. The fourth-order valence-corrected chi connectivity index (χ4v) is 3.92. The Balaban J connectivity index is 1.50. The summed E-state index contributed by atoms with van der Waals surface area (Å²) in [7, 11) is 0. The van der Waals surface area contributed by atoms with Gasteiger partial charge >= 0.3 is 6.03 Å². The van der Waals surface area contributed by atoms with Gasteiger partial charge in [-0.15, -0.1) is 0 Å². The molecule has 1 aliphatic carbocycles. The van der Waals surface area contributed by atoms with Gasteiger partial charge in [-0.25, -0.2) is 4.79 Å². The number of urea groups is 1. The predicted molar refractivity (Wildman–Crippen MR) is 84.6 cm³/mol. The van der Waals surface area contributed by atoms with Crippen molar-refractivity contribution in [1.29, 1.82) is 0 Å². The van der Waals surface area contributed by atoms with Crippen LogP contribution >= 0.6 is 0 Å². The minimum absolute atomic E-state index is 0.0864. The lowest BCUT2D eigenvalue weighted by atomic mass is 9.95. The molecule has 128 valence electrons. The number of imide groups is 1. The summed E-state index contributed by atoms with van der Waals surface area (Å²) >= 11 is 0. The van der Waals surface area contributed by atoms with Crippen molar-refractivity contribution in [2.24, 2.45) is 5.92 Å². The summed E-state index contributed by atoms with van der Waals surface area (Å²) in [6, 6.07) is -0.173. The average Bonchev–Trinajstić information content (AvgIpc) is 3.07. The monoisotopic (exact) mass is 322 g/mol. The Morgan fingerprint density at radius 1 is 1.35 bits per heavy atom. The Labute approximate surface area is 136 Å². The second-order valence-electron chi connectivity index (χ2n) is 7.07. The lowest BCUT2D eigenvalue weighted by Gasteiger charge is -2.30. The number of amides is 4. The molecule has 7 nitrogen and oxygen atoms in total. The minimum Gasteiger partial charge on any atom is -0.353 e. The van der Waals surface area contributed by atoms with Gasteiger partial charge < -0.3 is 16.0 Å². The number of nitrogens with zero attached hydrogens (tertiary/aromatic N) is 1. The number of hydrogen-bond acceptors (Lipinski definition) is 4. The van der Waals surface area contributed by atoms with Crippen molar-refractivity contribution in [2.75, 3.05) is 19.6 Å². The van der Waals surface area contributed by atoms with E-state index in [1.807, 2.05) is 0 Å².